The molecule has 0 bridgehead atoms. The van der Waals surface area contributed by atoms with Crippen LogP contribution in [0.4, 0.5) is 18.9 Å². The molecule has 8 nitrogen and oxygen atoms in total. The summed E-state index contributed by atoms with van der Waals surface area (Å²) in [6, 6.07) is 4.75. The van der Waals surface area contributed by atoms with Crippen molar-refractivity contribution in [2.45, 2.75) is 43.2 Å². The van der Waals surface area contributed by atoms with Crippen LogP contribution in [-0.4, -0.2) is 63.3 Å². The summed E-state index contributed by atoms with van der Waals surface area (Å²) in [5, 5.41) is 11.4. The normalized spacial score (nSPS) is 26.2. The number of alkyl halides is 3. The molecule has 4 atom stereocenters. The number of ether oxygens (including phenoxy) is 2. The van der Waals surface area contributed by atoms with Gasteiger partial charge < -0.3 is 19.9 Å². The first-order chi connectivity index (χ1) is 13.4. The van der Waals surface area contributed by atoms with Crippen LogP contribution in [0, 0.1) is 0 Å². The average Bonchev–Trinajstić information content (AvgIpc) is 2.95. The molecular formula is C17H21F3N2O6S. The maximum atomic E-state index is 12.3. The number of fused-ring (bicyclic) bond motifs is 3. The molecule has 0 radical (unpaired) electrons. The summed E-state index contributed by atoms with van der Waals surface area (Å²) in [5.74, 6) is -0.616. The fourth-order valence-corrected chi connectivity index (χ4v) is 4.20. The van der Waals surface area contributed by atoms with Crippen LogP contribution in [0.3, 0.4) is 0 Å². The number of aliphatic hydroxyl groups is 1. The maximum absolute atomic E-state index is 12.3. The average molecular weight is 438 g/mol. The number of sulfonamides is 1. The monoisotopic (exact) mass is 438 g/mol. The number of carbonyl (C=O) groups excluding carboxylic acids is 1. The van der Waals surface area contributed by atoms with Gasteiger partial charge in [-0.3, -0.25) is 9.52 Å². The molecule has 162 valence electrons. The Morgan fingerprint density at radius 3 is 2.69 bits per heavy atom. The molecule has 3 rings (SSSR count). The van der Waals surface area contributed by atoms with Crippen molar-refractivity contribution in [1.82, 2.24) is 5.32 Å². The van der Waals surface area contributed by atoms with Gasteiger partial charge in [-0.2, -0.15) is 13.2 Å². The number of halogens is 3. The highest BCUT2D eigenvalue weighted by Gasteiger charge is 2.46. The van der Waals surface area contributed by atoms with E-state index >= 15 is 0 Å². The molecular weight excluding hydrogens is 417 g/mol. The zero-order valence-corrected chi connectivity index (χ0v) is 16.2. The number of carbonyl (C=O) groups is 1. The molecule has 2 aliphatic rings. The van der Waals surface area contributed by atoms with Crippen molar-refractivity contribution < 1.29 is 41.0 Å². The predicted octanol–water partition coefficient (Wildman–Crippen LogP) is 1.12. The molecule has 29 heavy (non-hydrogen) atoms. The van der Waals surface area contributed by atoms with E-state index < -0.39 is 53.6 Å². The van der Waals surface area contributed by atoms with Crippen LogP contribution < -0.4 is 14.8 Å². The molecule has 1 aromatic carbocycles. The Hall–Kier alpha value is -2.05. The summed E-state index contributed by atoms with van der Waals surface area (Å²) in [7, 11) is -3.48. The predicted molar refractivity (Wildman–Crippen MR) is 96.1 cm³/mol. The van der Waals surface area contributed by atoms with Crippen molar-refractivity contribution >= 4 is 21.6 Å². The standard InChI is InChI=1S/C17H21F3N2O6S/c1-29(25,26)22-9-2-3-13-11(4-9)12-5-10(27-14(7-23)16(12)28-13)6-15(24)21-8-17(18,19)20/h2-4,10,12,14,16,22-23H,5-8H2,1H3,(H,21,24)/t10-,12-,14+,16+/m1/s1. The topological polar surface area (TPSA) is 114 Å². The lowest BCUT2D eigenvalue weighted by molar-refractivity contribution is -0.149. The van der Waals surface area contributed by atoms with E-state index in [-0.39, 0.29) is 18.8 Å². The van der Waals surface area contributed by atoms with Crippen LogP contribution in [0.1, 0.15) is 24.3 Å². The molecule has 1 aromatic rings. The summed E-state index contributed by atoms with van der Waals surface area (Å²) in [6.07, 6.45) is -5.55. The van der Waals surface area contributed by atoms with Gasteiger partial charge in [0, 0.05) is 17.2 Å². The summed E-state index contributed by atoms with van der Waals surface area (Å²) in [4.78, 5) is 11.8. The molecule has 0 saturated carbocycles. The lowest BCUT2D eigenvalue weighted by Crippen LogP contribution is -2.47. The number of anilines is 1. The third-order valence-electron chi connectivity index (χ3n) is 4.70. The van der Waals surface area contributed by atoms with Gasteiger partial charge in [-0.25, -0.2) is 8.42 Å². The van der Waals surface area contributed by atoms with E-state index in [9.17, 15) is 31.5 Å². The highest BCUT2D eigenvalue weighted by Crippen LogP contribution is 2.47. The highest BCUT2D eigenvalue weighted by molar-refractivity contribution is 7.92. The smallest absolute Gasteiger partial charge is 0.405 e. The van der Waals surface area contributed by atoms with Gasteiger partial charge in [-0.1, -0.05) is 0 Å². The third-order valence-corrected chi connectivity index (χ3v) is 5.31. The van der Waals surface area contributed by atoms with Gasteiger partial charge in [0.1, 0.15) is 24.5 Å². The minimum Gasteiger partial charge on any atom is -0.487 e. The van der Waals surface area contributed by atoms with Crippen LogP contribution in [0.5, 0.6) is 5.75 Å². The number of rotatable bonds is 6. The number of hydrogen-bond acceptors (Lipinski definition) is 6. The Morgan fingerprint density at radius 1 is 1.34 bits per heavy atom. The zero-order valence-electron chi connectivity index (χ0n) is 15.4. The second-order valence-electron chi connectivity index (χ2n) is 7.13. The van der Waals surface area contributed by atoms with E-state index in [1.165, 1.54) is 6.07 Å². The quantitative estimate of drug-likeness (QED) is 0.614. The minimum absolute atomic E-state index is 0.274. The van der Waals surface area contributed by atoms with Crippen LogP contribution in [0.2, 0.25) is 0 Å². The molecule has 2 aliphatic heterocycles. The lowest BCUT2D eigenvalue weighted by Gasteiger charge is -2.37. The number of amides is 1. The van der Waals surface area contributed by atoms with Crippen molar-refractivity contribution in [3.63, 3.8) is 0 Å². The fourth-order valence-electron chi connectivity index (χ4n) is 3.64. The molecule has 0 aliphatic carbocycles. The van der Waals surface area contributed by atoms with E-state index in [0.29, 0.717) is 17.0 Å². The van der Waals surface area contributed by atoms with Crippen molar-refractivity contribution in [3.05, 3.63) is 23.8 Å². The van der Waals surface area contributed by atoms with Crippen LogP contribution >= 0.6 is 0 Å². The molecule has 3 N–H and O–H groups in total. The molecule has 2 heterocycles. The maximum Gasteiger partial charge on any atom is 0.405 e. The lowest BCUT2D eigenvalue weighted by atomic mass is 9.84. The Morgan fingerprint density at radius 2 is 2.07 bits per heavy atom. The molecule has 1 amide bonds. The van der Waals surface area contributed by atoms with E-state index in [0.717, 1.165) is 6.26 Å². The van der Waals surface area contributed by atoms with Crippen molar-refractivity contribution in [1.29, 1.82) is 0 Å². The number of nitrogens with one attached hydrogen (secondary N) is 2. The van der Waals surface area contributed by atoms with Gasteiger partial charge in [0.15, 0.2) is 0 Å². The second-order valence-corrected chi connectivity index (χ2v) is 8.88. The van der Waals surface area contributed by atoms with Crippen LogP contribution in [0.25, 0.3) is 0 Å². The summed E-state index contributed by atoms with van der Waals surface area (Å²) < 4.78 is 73.6. The zero-order chi connectivity index (χ0) is 21.4. The van der Waals surface area contributed by atoms with E-state index in [1.807, 2.05) is 0 Å². The largest absolute Gasteiger partial charge is 0.487 e. The molecule has 0 aromatic heterocycles. The molecule has 0 spiro atoms. The summed E-state index contributed by atoms with van der Waals surface area (Å²) in [6.45, 7) is -1.83. The first kappa shape index (κ1) is 21.7. The van der Waals surface area contributed by atoms with E-state index in [2.05, 4.69) is 4.72 Å². The van der Waals surface area contributed by atoms with E-state index in [1.54, 1.807) is 17.4 Å². The van der Waals surface area contributed by atoms with Gasteiger partial charge in [0.25, 0.3) is 0 Å². The summed E-state index contributed by atoms with van der Waals surface area (Å²) >= 11 is 0. The van der Waals surface area contributed by atoms with Crippen LogP contribution in [-0.2, 0) is 19.6 Å². The molecule has 1 saturated heterocycles. The van der Waals surface area contributed by atoms with Crippen molar-refractivity contribution in [2.24, 2.45) is 0 Å². The number of benzene rings is 1. The van der Waals surface area contributed by atoms with Gasteiger partial charge >= 0.3 is 6.18 Å². The molecule has 1 fully saturated rings. The third kappa shape index (κ3) is 5.52. The molecule has 0 unspecified atom stereocenters. The van der Waals surface area contributed by atoms with Gasteiger partial charge in [-0.15, -0.1) is 0 Å². The van der Waals surface area contributed by atoms with Gasteiger partial charge in [0.2, 0.25) is 15.9 Å². The first-order valence-electron chi connectivity index (χ1n) is 8.83. The second kappa shape index (κ2) is 8.00. The van der Waals surface area contributed by atoms with Crippen LogP contribution in [0.15, 0.2) is 18.2 Å². The fraction of sp³-hybridized carbons (Fsp3) is 0.588. The SMILES string of the molecule is CS(=O)(=O)Nc1ccc2c(c1)[C@H]1C[C@H](CC(=O)NCC(F)(F)F)O[C@@H](CO)[C@H]1O2. The Balaban J connectivity index is 1.74. The van der Waals surface area contributed by atoms with Crippen molar-refractivity contribution in [2.75, 3.05) is 24.1 Å². The van der Waals surface area contributed by atoms with E-state index in [4.69, 9.17) is 9.47 Å². The Labute approximate surface area is 165 Å². The van der Waals surface area contributed by atoms with Crippen molar-refractivity contribution in [3.8, 4) is 5.75 Å². The van der Waals surface area contributed by atoms with Gasteiger partial charge in [0.05, 0.1) is 25.4 Å². The summed E-state index contributed by atoms with van der Waals surface area (Å²) in [5.41, 5.74) is 1.02. The number of aliphatic hydroxyl groups excluding tert-OH is 1. The highest BCUT2D eigenvalue weighted by atomic mass is 32.2. The Kier molecular flexibility index (Phi) is 5.97. The number of hydrogen-bond donors (Lipinski definition) is 3. The molecule has 12 heteroatoms. The minimum atomic E-state index is -4.51. The van der Waals surface area contributed by atoms with Gasteiger partial charge in [-0.05, 0) is 24.6 Å². The first-order valence-corrected chi connectivity index (χ1v) is 10.7. The Bertz CT molecular complexity index is 876.